The number of hydrogen-bond donors (Lipinski definition) is 0. The van der Waals surface area contributed by atoms with Crippen molar-refractivity contribution in [3.05, 3.63) is 58.1 Å². The average Bonchev–Trinajstić information content (AvgIpc) is 3.52. The minimum atomic E-state index is -4.48. The topological polar surface area (TPSA) is 77.5 Å². The van der Waals surface area contributed by atoms with Gasteiger partial charge in [-0.2, -0.15) is 13.2 Å². The molecule has 0 saturated carbocycles. The molecular formula is C29H33F3N2O6. The van der Waals surface area contributed by atoms with E-state index in [-0.39, 0.29) is 43.1 Å². The number of nitrogens with zero attached hydrogens (tertiary/aromatic N) is 2. The van der Waals surface area contributed by atoms with Crippen molar-refractivity contribution in [1.29, 1.82) is 0 Å². The first-order valence-electron chi connectivity index (χ1n) is 13.5. The van der Waals surface area contributed by atoms with Crippen molar-refractivity contribution in [2.45, 2.75) is 50.9 Å². The van der Waals surface area contributed by atoms with E-state index in [0.717, 1.165) is 17.2 Å². The molecular weight excluding hydrogens is 529 g/mol. The second-order valence-corrected chi connectivity index (χ2v) is 10.3. The number of amides is 1. The third-order valence-corrected chi connectivity index (χ3v) is 7.84. The molecule has 40 heavy (non-hydrogen) atoms. The van der Waals surface area contributed by atoms with Crippen LogP contribution in [-0.4, -0.2) is 68.4 Å². The lowest BCUT2D eigenvalue weighted by Crippen LogP contribution is -2.48. The summed E-state index contributed by atoms with van der Waals surface area (Å²) in [6.45, 7) is 4.28. The molecule has 1 unspecified atom stereocenters. The number of piperazine rings is 1. The Morgan fingerprint density at radius 2 is 1.82 bits per heavy atom. The van der Waals surface area contributed by atoms with Gasteiger partial charge in [0.1, 0.15) is 17.6 Å². The zero-order valence-corrected chi connectivity index (χ0v) is 22.6. The van der Waals surface area contributed by atoms with Gasteiger partial charge in [-0.05, 0) is 48.6 Å². The van der Waals surface area contributed by atoms with Gasteiger partial charge >= 0.3 is 18.2 Å². The van der Waals surface area contributed by atoms with Gasteiger partial charge in [-0.15, -0.1) is 0 Å². The summed E-state index contributed by atoms with van der Waals surface area (Å²) in [4.78, 5) is 27.3. The monoisotopic (exact) mass is 562 g/mol. The summed E-state index contributed by atoms with van der Waals surface area (Å²) in [6.07, 6.45) is -4.00. The molecule has 1 aliphatic carbocycles. The molecule has 3 aliphatic rings. The van der Waals surface area contributed by atoms with Crippen molar-refractivity contribution in [1.82, 2.24) is 9.80 Å². The van der Waals surface area contributed by atoms with E-state index >= 15 is 0 Å². The molecule has 8 nitrogen and oxygen atoms in total. The molecule has 0 radical (unpaired) electrons. The van der Waals surface area contributed by atoms with E-state index in [2.05, 4.69) is 0 Å². The molecule has 11 heteroatoms. The highest BCUT2D eigenvalue weighted by Gasteiger charge is 2.38. The molecule has 0 N–H and O–H groups in total. The van der Waals surface area contributed by atoms with Crippen molar-refractivity contribution in [3.8, 4) is 11.5 Å². The van der Waals surface area contributed by atoms with Crippen LogP contribution in [-0.2, 0) is 33.4 Å². The summed E-state index contributed by atoms with van der Waals surface area (Å²) in [7, 11) is 1.35. The Bertz CT molecular complexity index is 1260. The number of hydrogen-bond acceptors (Lipinski definition) is 7. The third-order valence-electron chi connectivity index (χ3n) is 7.84. The Labute approximate surface area is 230 Å². The number of methoxy groups -OCH3 is 1. The number of ether oxygens (including phenoxy) is 4. The van der Waals surface area contributed by atoms with Crippen LogP contribution in [0.5, 0.6) is 11.5 Å². The van der Waals surface area contributed by atoms with Gasteiger partial charge in [0.2, 0.25) is 0 Å². The van der Waals surface area contributed by atoms with Crippen molar-refractivity contribution in [2.75, 3.05) is 46.5 Å². The van der Waals surface area contributed by atoms with Gasteiger partial charge in [0.15, 0.2) is 0 Å². The summed E-state index contributed by atoms with van der Waals surface area (Å²) in [6, 6.07) is 8.15. The van der Waals surface area contributed by atoms with Crippen molar-refractivity contribution in [2.24, 2.45) is 0 Å². The highest BCUT2D eigenvalue weighted by atomic mass is 19.4. The number of carbonyl (C=O) groups is 2. The smallest absolute Gasteiger partial charge is 0.416 e. The van der Waals surface area contributed by atoms with Crippen LogP contribution in [0.3, 0.4) is 0 Å². The van der Waals surface area contributed by atoms with Gasteiger partial charge in [-0.3, -0.25) is 9.69 Å². The normalized spacial score (nSPS) is 20.5. The number of halogens is 3. The largest absolute Gasteiger partial charge is 0.492 e. The first kappa shape index (κ1) is 28.1. The molecule has 2 atom stereocenters. The van der Waals surface area contributed by atoms with E-state index in [1.807, 2.05) is 17.0 Å². The van der Waals surface area contributed by atoms with E-state index in [4.69, 9.17) is 18.9 Å². The van der Waals surface area contributed by atoms with Crippen LogP contribution in [0.25, 0.3) is 0 Å². The van der Waals surface area contributed by atoms with Gasteiger partial charge in [0.05, 0.1) is 32.3 Å². The first-order chi connectivity index (χ1) is 19.2. The van der Waals surface area contributed by atoms with Crippen LogP contribution in [0, 0.1) is 0 Å². The summed E-state index contributed by atoms with van der Waals surface area (Å²) < 4.78 is 64.1. The Balaban J connectivity index is 1.32. The van der Waals surface area contributed by atoms with Crippen LogP contribution in [0.15, 0.2) is 30.3 Å². The molecule has 2 aromatic rings. The Hall–Kier alpha value is -3.47. The number of carbonyl (C=O) groups excluding carboxylic acids is 2. The fourth-order valence-corrected chi connectivity index (χ4v) is 5.78. The quantitative estimate of drug-likeness (QED) is 0.436. The van der Waals surface area contributed by atoms with Crippen molar-refractivity contribution >= 4 is 12.1 Å². The molecule has 5 rings (SSSR count). The van der Waals surface area contributed by atoms with Gasteiger partial charge < -0.3 is 23.8 Å². The molecule has 1 fully saturated rings. The van der Waals surface area contributed by atoms with Crippen LogP contribution in [0.4, 0.5) is 18.0 Å². The van der Waals surface area contributed by atoms with Crippen LogP contribution >= 0.6 is 0 Å². The number of rotatable bonds is 7. The third kappa shape index (κ3) is 5.84. The Morgan fingerprint density at radius 1 is 1.07 bits per heavy atom. The lowest BCUT2D eigenvalue weighted by atomic mass is 9.96. The fraction of sp³-hybridized carbons (Fsp3) is 0.517. The lowest BCUT2D eigenvalue weighted by molar-refractivity contribution is -0.141. The van der Waals surface area contributed by atoms with Gasteiger partial charge in [-0.1, -0.05) is 12.1 Å². The predicted octanol–water partition coefficient (Wildman–Crippen LogP) is 5.08. The highest BCUT2D eigenvalue weighted by molar-refractivity contribution is 5.71. The maximum atomic E-state index is 14.1. The molecule has 0 bridgehead atoms. The van der Waals surface area contributed by atoms with Crippen molar-refractivity contribution < 1.29 is 41.7 Å². The van der Waals surface area contributed by atoms with Crippen LogP contribution in [0.2, 0.25) is 0 Å². The zero-order chi connectivity index (χ0) is 28.4. The summed E-state index contributed by atoms with van der Waals surface area (Å²) in [5, 5.41) is 0. The van der Waals surface area contributed by atoms with Crippen LogP contribution < -0.4 is 9.47 Å². The molecule has 2 heterocycles. The first-order valence-corrected chi connectivity index (χ1v) is 13.5. The predicted molar refractivity (Wildman–Crippen MR) is 138 cm³/mol. The van der Waals surface area contributed by atoms with Gasteiger partial charge in [-0.25, -0.2) is 4.79 Å². The maximum Gasteiger partial charge on any atom is 0.416 e. The average molecular weight is 563 g/mol. The van der Waals surface area contributed by atoms with E-state index in [9.17, 15) is 22.8 Å². The Morgan fingerprint density at radius 3 is 2.52 bits per heavy atom. The van der Waals surface area contributed by atoms with Gasteiger partial charge in [0, 0.05) is 50.3 Å². The maximum absolute atomic E-state index is 14.1. The minimum absolute atomic E-state index is 0.0915. The van der Waals surface area contributed by atoms with E-state index in [0.29, 0.717) is 62.7 Å². The molecule has 0 spiro atoms. The summed E-state index contributed by atoms with van der Waals surface area (Å²) >= 11 is 0. The van der Waals surface area contributed by atoms with Crippen LogP contribution in [0.1, 0.15) is 59.6 Å². The molecule has 2 aliphatic heterocycles. The second-order valence-electron chi connectivity index (χ2n) is 10.3. The number of fused-ring (bicyclic) bond motifs is 2. The lowest BCUT2D eigenvalue weighted by Gasteiger charge is -2.35. The molecule has 2 aromatic carbocycles. The standard InChI is InChI=1S/C29H33F3N2O6/c1-3-38-28(36)34-12-10-33(11-13-34)16-23-21-7-9-25(22(21)6-8-24(23)29(30,31)32)40-19-4-5-20-18(14-27(35)37-2)17-39-26(20)15-19/h4-6,8,15,18,25H,3,7,9-14,16-17H2,1-2H3/t18?,25-/m1/s1. The van der Waals surface area contributed by atoms with Gasteiger partial charge in [0.25, 0.3) is 0 Å². The van der Waals surface area contributed by atoms with E-state index in [1.165, 1.54) is 13.2 Å². The molecule has 1 amide bonds. The highest BCUT2D eigenvalue weighted by Crippen LogP contribution is 2.44. The summed E-state index contributed by atoms with van der Waals surface area (Å²) in [5.41, 5.74) is 2.01. The molecule has 0 aromatic heterocycles. The van der Waals surface area contributed by atoms with E-state index < -0.39 is 17.8 Å². The van der Waals surface area contributed by atoms with Crippen molar-refractivity contribution in [3.63, 3.8) is 0 Å². The summed E-state index contributed by atoms with van der Waals surface area (Å²) in [5.74, 6) is 0.803. The fourth-order valence-electron chi connectivity index (χ4n) is 5.78. The molecule has 216 valence electrons. The number of esters is 1. The molecule has 1 saturated heterocycles. The zero-order valence-electron chi connectivity index (χ0n) is 22.6. The SMILES string of the molecule is CCOC(=O)N1CCN(Cc2c(C(F)(F)F)ccc3c2CC[C@H]3Oc2ccc3c(c2)OCC3CC(=O)OC)CC1. The number of alkyl halides is 3. The minimum Gasteiger partial charge on any atom is -0.492 e. The Kier molecular flexibility index (Phi) is 8.11. The van der Waals surface area contributed by atoms with E-state index in [1.54, 1.807) is 17.9 Å². The number of benzene rings is 2. The second kappa shape index (κ2) is 11.6.